The lowest BCUT2D eigenvalue weighted by Crippen LogP contribution is -2.55. The molecular formula is C13H17N3O3. The molecule has 1 aliphatic rings. The summed E-state index contributed by atoms with van der Waals surface area (Å²) in [4.78, 5) is 30.3. The van der Waals surface area contributed by atoms with Crippen molar-refractivity contribution in [1.82, 2.24) is 14.8 Å². The van der Waals surface area contributed by atoms with Crippen molar-refractivity contribution in [3.05, 3.63) is 30.1 Å². The number of aromatic nitrogens is 1. The summed E-state index contributed by atoms with van der Waals surface area (Å²) in [5.41, 5.74) is 0.843. The minimum atomic E-state index is -0.848. The molecule has 1 unspecified atom stereocenters. The Bertz CT molecular complexity index is 463. The molecule has 6 heteroatoms. The van der Waals surface area contributed by atoms with Crippen LogP contribution in [0.2, 0.25) is 0 Å². The highest BCUT2D eigenvalue weighted by Gasteiger charge is 2.31. The normalized spacial score (nSPS) is 20.6. The molecule has 1 aliphatic heterocycles. The van der Waals surface area contributed by atoms with Crippen molar-refractivity contribution in [2.24, 2.45) is 0 Å². The van der Waals surface area contributed by atoms with E-state index in [1.807, 2.05) is 23.1 Å². The summed E-state index contributed by atoms with van der Waals surface area (Å²) in [6.45, 7) is 1.18. The van der Waals surface area contributed by atoms with Crippen LogP contribution >= 0.6 is 0 Å². The lowest BCUT2D eigenvalue weighted by atomic mass is 10.1. The highest BCUT2D eigenvalue weighted by Crippen LogP contribution is 2.15. The quantitative estimate of drug-likeness (QED) is 0.840. The second kappa shape index (κ2) is 5.79. The fraction of sp³-hybridized carbons (Fsp3) is 0.462. The van der Waals surface area contributed by atoms with Gasteiger partial charge in [-0.15, -0.1) is 0 Å². The zero-order valence-electron chi connectivity index (χ0n) is 10.8. The minimum Gasteiger partial charge on any atom is -0.481 e. The summed E-state index contributed by atoms with van der Waals surface area (Å²) in [6, 6.07) is 5.42. The van der Waals surface area contributed by atoms with Gasteiger partial charge in [-0.1, -0.05) is 6.07 Å². The number of carboxylic acid groups (broad SMARTS) is 1. The molecule has 2 rings (SSSR count). The Kier molecular flexibility index (Phi) is 4.11. The molecule has 1 atom stereocenters. The number of rotatable bonds is 4. The number of aliphatic carboxylic acids is 1. The van der Waals surface area contributed by atoms with Gasteiger partial charge in [0.2, 0.25) is 5.91 Å². The highest BCUT2D eigenvalue weighted by atomic mass is 16.4. The van der Waals surface area contributed by atoms with Crippen LogP contribution in [-0.2, 0) is 16.1 Å². The Morgan fingerprint density at radius 1 is 1.53 bits per heavy atom. The lowest BCUT2D eigenvalue weighted by Gasteiger charge is -2.38. The molecule has 2 heterocycles. The third-order valence-electron chi connectivity index (χ3n) is 3.27. The Hall–Kier alpha value is -1.95. The van der Waals surface area contributed by atoms with Crippen molar-refractivity contribution in [2.45, 2.75) is 19.0 Å². The van der Waals surface area contributed by atoms with Crippen LogP contribution in [-0.4, -0.2) is 57.9 Å². The van der Waals surface area contributed by atoms with E-state index in [0.29, 0.717) is 13.1 Å². The summed E-state index contributed by atoms with van der Waals surface area (Å²) in [5, 5.41) is 8.96. The van der Waals surface area contributed by atoms with Crippen LogP contribution in [0.4, 0.5) is 0 Å². The number of hydrogen-bond donors (Lipinski definition) is 1. The smallest absolute Gasteiger partial charge is 0.305 e. The van der Waals surface area contributed by atoms with Gasteiger partial charge in [0.05, 0.1) is 18.7 Å². The summed E-state index contributed by atoms with van der Waals surface area (Å²) >= 11 is 0. The van der Waals surface area contributed by atoms with Gasteiger partial charge in [-0.3, -0.25) is 19.5 Å². The van der Waals surface area contributed by atoms with Crippen LogP contribution in [0.5, 0.6) is 0 Å². The summed E-state index contributed by atoms with van der Waals surface area (Å²) in [6.07, 6.45) is 1.73. The first-order valence-corrected chi connectivity index (χ1v) is 6.16. The van der Waals surface area contributed by atoms with Crippen LogP contribution in [0.15, 0.2) is 24.4 Å². The van der Waals surface area contributed by atoms with E-state index in [-0.39, 0.29) is 24.9 Å². The standard InChI is InChI=1S/C13H17N3O3/c1-15-8-11(6-13(18)19)16(9-12(15)17)7-10-4-2-3-5-14-10/h2-5,11H,6-9H2,1H3,(H,18,19). The number of carbonyl (C=O) groups excluding carboxylic acids is 1. The van der Waals surface area contributed by atoms with E-state index in [1.165, 1.54) is 0 Å². The van der Waals surface area contributed by atoms with Crippen molar-refractivity contribution in [3.63, 3.8) is 0 Å². The average Bonchev–Trinajstić information content (AvgIpc) is 2.36. The van der Waals surface area contributed by atoms with Gasteiger partial charge in [-0.2, -0.15) is 0 Å². The second-order valence-corrected chi connectivity index (χ2v) is 4.75. The first-order chi connectivity index (χ1) is 9.06. The van der Waals surface area contributed by atoms with Gasteiger partial charge < -0.3 is 10.0 Å². The topological polar surface area (TPSA) is 73.7 Å². The number of carbonyl (C=O) groups is 2. The Morgan fingerprint density at radius 3 is 2.95 bits per heavy atom. The monoisotopic (exact) mass is 263 g/mol. The van der Waals surface area contributed by atoms with Crippen LogP contribution in [0.1, 0.15) is 12.1 Å². The van der Waals surface area contributed by atoms with Gasteiger partial charge in [0, 0.05) is 32.4 Å². The molecule has 0 aliphatic carbocycles. The maximum atomic E-state index is 11.7. The number of hydrogen-bond acceptors (Lipinski definition) is 4. The molecular weight excluding hydrogens is 246 g/mol. The van der Waals surface area contributed by atoms with Crippen molar-refractivity contribution in [1.29, 1.82) is 0 Å². The predicted octanol–water partition coefficient (Wildman–Crippen LogP) is 0.199. The van der Waals surface area contributed by atoms with E-state index in [1.54, 1.807) is 18.1 Å². The molecule has 0 aromatic carbocycles. The third-order valence-corrected chi connectivity index (χ3v) is 3.27. The summed E-state index contributed by atoms with van der Waals surface area (Å²) < 4.78 is 0. The number of amides is 1. The van der Waals surface area contributed by atoms with Crippen LogP contribution < -0.4 is 0 Å². The zero-order chi connectivity index (χ0) is 13.8. The number of nitrogens with zero attached hydrogens (tertiary/aromatic N) is 3. The molecule has 6 nitrogen and oxygen atoms in total. The van der Waals surface area contributed by atoms with Gasteiger partial charge in [0.15, 0.2) is 0 Å². The lowest BCUT2D eigenvalue weighted by molar-refractivity contribution is -0.144. The van der Waals surface area contributed by atoms with Gasteiger partial charge in [0.1, 0.15) is 0 Å². The summed E-state index contributed by atoms with van der Waals surface area (Å²) in [7, 11) is 1.70. The average molecular weight is 263 g/mol. The third kappa shape index (κ3) is 3.51. The molecule has 1 fully saturated rings. The van der Waals surface area contributed by atoms with E-state index >= 15 is 0 Å². The molecule has 1 amide bonds. The number of piperazine rings is 1. The molecule has 102 valence electrons. The summed E-state index contributed by atoms with van der Waals surface area (Å²) in [5.74, 6) is -0.837. The van der Waals surface area contributed by atoms with E-state index in [2.05, 4.69) is 4.98 Å². The molecule has 19 heavy (non-hydrogen) atoms. The molecule has 0 radical (unpaired) electrons. The molecule has 0 bridgehead atoms. The van der Waals surface area contributed by atoms with Gasteiger partial charge in [0.25, 0.3) is 0 Å². The van der Waals surface area contributed by atoms with E-state index in [9.17, 15) is 9.59 Å². The molecule has 1 N–H and O–H groups in total. The number of pyridine rings is 1. The number of likely N-dealkylation sites (N-methyl/N-ethyl adjacent to an activating group) is 1. The van der Waals surface area contributed by atoms with E-state index in [0.717, 1.165) is 5.69 Å². The van der Waals surface area contributed by atoms with Crippen molar-refractivity contribution >= 4 is 11.9 Å². The fourth-order valence-electron chi connectivity index (χ4n) is 2.24. The maximum Gasteiger partial charge on any atom is 0.305 e. The van der Waals surface area contributed by atoms with Crippen molar-refractivity contribution in [3.8, 4) is 0 Å². The zero-order valence-corrected chi connectivity index (χ0v) is 10.8. The molecule has 0 saturated carbocycles. The molecule has 1 aromatic heterocycles. The van der Waals surface area contributed by atoms with Crippen molar-refractivity contribution in [2.75, 3.05) is 20.1 Å². The fourth-order valence-corrected chi connectivity index (χ4v) is 2.24. The largest absolute Gasteiger partial charge is 0.481 e. The minimum absolute atomic E-state index is 0.0116. The van der Waals surface area contributed by atoms with Crippen LogP contribution in [0.3, 0.4) is 0 Å². The van der Waals surface area contributed by atoms with Gasteiger partial charge in [-0.25, -0.2) is 0 Å². The number of carboxylic acids is 1. The van der Waals surface area contributed by atoms with Crippen molar-refractivity contribution < 1.29 is 14.7 Å². The van der Waals surface area contributed by atoms with Crippen LogP contribution in [0, 0.1) is 0 Å². The van der Waals surface area contributed by atoms with Gasteiger partial charge >= 0.3 is 5.97 Å². The van der Waals surface area contributed by atoms with Gasteiger partial charge in [-0.05, 0) is 12.1 Å². The first-order valence-electron chi connectivity index (χ1n) is 6.16. The predicted molar refractivity (Wildman–Crippen MR) is 68.3 cm³/mol. The SMILES string of the molecule is CN1CC(CC(=O)O)N(Cc2ccccn2)CC1=O. The molecule has 1 aromatic rings. The highest BCUT2D eigenvalue weighted by molar-refractivity contribution is 5.79. The molecule has 0 spiro atoms. The maximum absolute atomic E-state index is 11.7. The Balaban J connectivity index is 2.09. The van der Waals surface area contributed by atoms with Crippen LogP contribution in [0.25, 0.3) is 0 Å². The van der Waals surface area contributed by atoms with E-state index < -0.39 is 5.97 Å². The Morgan fingerprint density at radius 2 is 2.32 bits per heavy atom. The molecule has 1 saturated heterocycles. The second-order valence-electron chi connectivity index (χ2n) is 4.75. The first kappa shape index (κ1) is 13.5. The van der Waals surface area contributed by atoms with E-state index in [4.69, 9.17) is 5.11 Å². The Labute approximate surface area is 111 Å².